The molecule has 0 spiro atoms. The monoisotopic (exact) mass is 358 g/mol. The van der Waals surface area contributed by atoms with Crippen LogP contribution in [0.15, 0.2) is 48.5 Å². The molecule has 2 aromatic rings. The van der Waals surface area contributed by atoms with Crippen LogP contribution in [0, 0.1) is 0 Å². The van der Waals surface area contributed by atoms with Gasteiger partial charge in [-0.15, -0.1) is 0 Å². The molecule has 0 bridgehead atoms. The summed E-state index contributed by atoms with van der Waals surface area (Å²) in [6.07, 6.45) is 0.599. The summed E-state index contributed by atoms with van der Waals surface area (Å²) in [5.41, 5.74) is 8.23. The standard InChI is InChI=1S/C18H19ClN4O2/c1-20-17(24)12-5-3-7-14(9-12)21-18(25)16-10-15(22-23-16)11-4-2-6-13(19)8-11/h2-9,15-16,22-23H,10H2,1H3,(H,20,24)(H,21,25). The number of hydrogen-bond donors (Lipinski definition) is 4. The molecule has 1 aliphatic rings. The second kappa shape index (κ2) is 7.65. The van der Waals surface area contributed by atoms with Gasteiger partial charge in [-0.3, -0.25) is 9.59 Å². The van der Waals surface area contributed by atoms with Crippen LogP contribution in [0.25, 0.3) is 0 Å². The number of halogens is 1. The van der Waals surface area contributed by atoms with Gasteiger partial charge in [-0.2, -0.15) is 0 Å². The van der Waals surface area contributed by atoms with Crippen molar-refractivity contribution in [3.63, 3.8) is 0 Å². The third-order valence-corrected chi connectivity index (χ3v) is 4.33. The lowest BCUT2D eigenvalue weighted by Gasteiger charge is -2.11. The lowest BCUT2D eigenvalue weighted by atomic mass is 10.0. The second-order valence-electron chi connectivity index (χ2n) is 5.83. The van der Waals surface area contributed by atoms with Gasteiger partial charge in [0.05, 0.1) is 0 Å². The smallest absolute Gasteiger partial charge is 0.251 e. The Balaban J connectivity index is 1.64. The van der Waals surface area contributed by atoms with Crippen LogP contribution in [0.3, 0.4) is 0 Å². The summed E-state index contributed by atoms with van der Waals surface area (Å²) in [5.74, 6) is -0.358. The molecule has 2 aromatic carbocycles. The topological polar surface area (TPSA) is 82.3 Å². The van der Waals surface area contributed by atoms with E-state index in [-0.39, 0.29) is 23.9 Å². The fourth-order valence-electron chi connectivity index (χ4n) is 2.78. The van der Waals surface area contributed by atoms with E-state index < -0.39 is 0 Å². The Morgan fingerprint density at radius 3 is 2.68 bits per heavy atom. The minimum atomic E-state index is -0.382. The van der Waals surface area contributed by atoms with Gasteiger partial charge in [0.25, 0.3) is 5.91 Å². The number of nitrogens with one attached hydrogen (secondary N) is 4. The number of rotatable bonds is 4. The highest BCUT2D eigenvalue weighted by atomic mass is 35.5. The van der Waals surface area contributed by atoms with Crippen LogP contribution in [0.1, 0.15) is 28.4 Å². The Hall–Kier alpha value is -2.41. The summed E-state index contributed by atoms with van der Waals surface area (Å²) in [5, 5.41) is 6.06. The molecule has 130 valence electrons. The molecule has 7 heteroatoms. The second-order valence-corrected chi connectivity index (χ2v) is 6.27. The average molecular weight is 359 g/mol. The van der Waals surface area contributed by atoms with Crippen molar-refractivity contribution in [2.45, 2.75) is 18.5 Å². The van der Waals surface area contributed by atoms with Crippen LogP contribution in [-0.4, -0.2) is 24.9 Å². The maximum atomic E-state index is 12.5. The zero-order valence-corrected chi connectivity index (χ0v) is 14.4. The summed E-state index contributed by atoms with van der Waals surface area (Å²) in [4.78, 5) is 24.1. The fourth-order valence-corrected chi connectivity index (χ4v) is 2.98. The largest absolute Gasteiger partial charge is 0.355 e. The number of anilines is 1. The van der Waals surface area contributed by atoms with Gasteiger partial charge in [-0.25, -0.2) is 10.9 Å². The molecule has 2 amide bonds. The Labute approximate surface area is 150 Å². The minimum Gasteiger partial charge on any atom is -0.355 e. The minimum absolute atomic E-state index is 0.00616. The highest BCUT2D eigenvalue weighted by molar-refractivity contribution is 6.30. The molecule has 4 N–H and O–H groups in total. The number of benzene rings is 2. The Bertz CT molecular complexity index is 796. The van der Waals surface area contributed by atoms with Gasteiger partial charge in [-0.05, 0) is 42.3 Å². The molecule has 0 saturated carbocycles. The van der Waals surface area contributed by atoms with Gasteiger partial charge >= 0.3 is 0 Å². The first-order valence-electron chi connectivity index (χ1n) is 7.96. The van der Waals surface area contributed by atoms with Crippen molar-refractivity contribution < 1.29 is 9.59 Å². The van der Waals surface area contributed by atoms with Gasteiger partial charge in [0, 0.05) is 29.4 Å². The zero-order chi connectivity index (χ0) is 17.8. The number of carbonyl (C=O) groups is 2. The first-order chi connectivity index (χ1) is 12.1. The molecule has 25 heavy (non-hydrogen) atoms. The molecular weight excluding hydrogens is 340 g/mol. The van der Waals surface area contributed by atoms with E-state index in [4.69, 9.17) is 11.6 Å². The lowest BCUT2D eigenvalue weighted by Crippen LogP contribution is -2.39. The van der Waals surface area contributed by atoms with Crippen molar-refractivity contribution in [3.05, 3.63) is 64.7 Å². The van der Waals surface area contributed by atoms with Gasteiger partial charge < -0.3 is 10.6 Å². The maximum Gasteiger partial charge on any atom is 0.251 e. The van der Waals surface area contributed by atoms with E-state index in [0.29, 0.717) is 22.7 Å². The highest BCUT2D eigenvalue weighted by Crippen LogP contribution is 2.25. The molecule has 1 saturated heterocycles. The third kappa shape index (κ3) is 4.17. The molecular formula is C18H19ClN4O2. The van der Waals surface area contributed by atoms with E-state index in [2.05, 4.69) is 21.5 Å². The predicted octanol–water partition coefficient (Wildman–Crippen LogP) is 2.25. The Kier molecular flexibility index (Phi) is 5.33. The van der Waals surface area contributed by atoms with Crippen molar-refractivity contribution in [2.75, 3.05) is 12.4 Å². The van der Waals surface area contributed by atoms with Crippen LogP contribution >= 0.6 is 11.6 Å². The molecule has 3 rings (SSSR count). The van der Waals surface area contributed by atoms with Crippen molar-refractivity contribution in [1.29, 1.82) is 0 Å². The van der Waals surface area contributed by atoms with E-state index >= 15 is 0 Å². The molecule has 0 radical (unpaired) electrons. The Morgan fingerprint density at radius 2 is 1.92 bits per heavy atom. The van der Waals surface area contributed by atoms with E-state index in [9.17, 15) is 9.59 Å². The maximum absolute atomic E-state index is 12.5. The van der Waals surface area contributed by atoms with Crippen molar-refractivity contribution >= 4 is 29.1 Å². The SMILES string of the molecule is CNC(=O)c1cccc(NC(=O)C2CC(c3cccc(Cl)c3)NN2)c1. The van der Waals surface area contributed by atoms with E-state index in [1.54, 1.807) is 31.3 Å². The zero-order valence-electron chi connectivity index (χ0n) is 13.7. The van der Waals surface area contributed by atoms with Gasteiger partial charge in [0.2, 0.25) is 5.91 Å². The number of hydrazine groups is 1. The molecule has 1 aliphatic heterocycles. The van der Waals surface area contributed by atoms with E-state index in [1.807, 2.05) is 24.3 Å². The molecule has 1 heterocycles. The summed E-state index contributed by atoms with van der Waals surface area (Å²) in [6, 6.07) is 14.0. The van der Waals surface area contributed by atoms with Gasteiger partial charge in [-0.1, -0.05) is 29.8 Å². The average Bonchev–Trinajstić information content (AvgIpc) is 3.11. The first kappa shape index (κ1) is 17.4. The summed E-state index contributed by atoms with van der Waals surface area (Å²) >= 11 is 6.02. The number of hydrogen-bond acceptors (Lipinski definition) is 4. The van der Waals surface area contributed by atoms with Crippen LogP contribution in [0.2, 0.25) is 5.02 Å². The highest BCUT2D eigenvalue weighted by Gasteiger charge is 2.30. The third-order valence-electron chi connectivity index (χ3n) is 4.09. The molecule has 0 aliphatic carbocycles. The van der Waals surface area contributed by atoms with Crippen molar-refractivity contribution in [2.24, 2.45) is 0 Å². The lowest BCUT2D eigenvalue weighted by molar-refractivity contribution is -0.117. The molecule has 2 unspecified atom stereocenters. The molecule has 1 fully saturated rings. The first-order valence-corrected chi connectivity index (χ1v) is 8.34. The quantitative estimate of drug-likeness (QED) is 0.675. The van der Waals surface area contributed by atoms with E-state index in [0.717, 1.165) is 5.56 Å². The van der Waals surface area contributed by atoms with Crippen LogP contribution < -0.4 is 21.5 Å². The molecule has 6 nitrogen and oxygen atoms in total. The van der Waals surface area contributed by atoms with Gasteiger partial charge in [0.1, 0.15) is 6.04 Å². The summed E-state index contributed by atoms with van der Waals surface area (Å²) in [7, 11) is 1.57. The van der Waals surface area contributed by atoms with E-state index in [1.165, 1.54) is 0 Å². The van der Waals surface area contributed by atoms with Crippen LogP contribution in [0.5, 0.6) is 0 Å². The normalized spacial score (nSPS) is 19.4. The van der Waals surface area contributed by atoms with Crippen LogP contribution in [0.4, 0.5) is 5.69 Å². The number of carbonyl (C=O) groups excluding carboxylic acids is 2. The van der Waals surface area contributed by atoms with Gasteiger partial charge in [0.15, 0.2) is 0 Å². The summed E-state index contributed by atoms with van der Waals surface area (Å²) in [6.45, 7) is 0. The fraction of sp³-hybridized carbons (Fsp3) is 0.222. The van der Waals surface area contributed by atoms with Crippen molar-refractivity contribution in [3.8, 4) is 0 Å². The molecule has 0 aromatic heterocycles. The molecule has 2 atom stereocenters. The summed E-state index contributed by atoms with van der Waals surface area (Å²) < 4.78 is 0. The Morgan fingerprint density at radius 1 is 1.12 bits per heavy atom. The van der Waals surface area contributed by atoms with Crippen LogP contribution in [-0.2, 0) is 4.79 Å². The van der Waals surface area contributed by atoms with Crippen molar-refractivity contribution in [1.82, 2.24) is 16.2 Å². The predicted molar refractivity (Wildman–Crippen MR) is 97.3 cm³/mol. The number of amides is 2.